The summed E-state index contributed by atoms with van der Waals surface area (Å²) in [5.74, 6) is -0.357. The van der Waals surface area contributed by atoms with E-state index in [9.17, 15) is 4.79 Å². The Morgan fingerprint density at radius 2 is 2.00 bits per heavy atom. The van der Waals surface area contributed by atoms with Crippen molar-refractivity contribution >= 4 is 17.6 Å². The molecular weight excluding hydrogens is 216 g/mol. The first kappa shape index (κ1) is 11.9. The molecule has 1 rings (SSSR count). The Balaban J connectivity index is 2.64. The normalized spacial score (nSPS) is 11.2. The number of ether oxygens (including phenoxy) is 1. The summed E-state index contributed by atoms with van der Waals surface area (Å²) in [6.45, 7) is 5.43. The molecule has 0 N–H and O–H groups in total. The van der Waals surface area contributed by atoms with Crippen LogP contribution in [0.3, 0.4) is 0 Å². The number of carbonyl (C=O) groups is 1. The number of hydrogen-bond donors (Lipinski definition) is 0. The van der Waals surface area contributed by atoms with Gasteiger partial charge in [-0.05, 0) is 20.8 Å². The summed E-state index contributed by atoms with van der Waals surface area (Å²) in [7, 11) is 0. The van der Waals surface area contributed by atoms with E-state index >= 15 is 0 Å². The number of carbonyl (C=O) groups excluding carboxylic acids is 1. The summed E-state index contributed by atoms with van der Waals surface area (Å²) in [4.78, 5) is 19.2. The minimum atomic E-state index is -0.494. The average molecular weight is 229 g/mol. The van der Waals surface area contributed by atoms with Gasteiger partial charge in [-0.15, -0.1) is 0 Å². The molecule has 1 aromatic rings. The van der Waals surface area contributed by atoms with Gasteiger partial charge in [0.25, 0.3) is 0 Å². The van der Waals surface area contributed by atoms with Gasteiger partial charge >= 0.3 is 5.97 Å². The third kappa shape index (κ3) is 4.25. The fraction of sp³-hybridized carbons (Fsp3) is 0.500. The van der Waals surface area contributed by atoms with Crippen molar-refractivity contribution in [2.75, 3.05) is 0 Å². The molecule has 0 fully saturated rings. The molecular formula is C10H13ClN2O2. The summed E-state index contributed by atoms with van der Waals surface area (Å²) in [6.07, 6.45) is 3.01. The molecule has 4 nitrogen and oxygen atoms in total. The zero-order chi connectivity index (χ0) is 11.5. The van der Waals surface area contributed by atoms with Crippen LogP contribution >= 0.6 is 11.6 Å². The molecule has 0 aliphatic heterocycles. The van der Waals surface area contributed by atoms with E-state index in [1.165, 1.54) is 12.4 Å². The van der Waals surface area contributed by atoms with Gasteiger partial charge in [0.15, 0.2) is 5.15 Å². The van der Waals surface area contributed by atoms with Gasteiger partial charge in [0.2, 0.25) is 0 Å². The maximum Gasteiger partial charge on any atom is 0.312 e. The van der Waals surface area contributed by atoms with Gasteiger partial charge in [0.1, 0.15) is 5.60 Å². The number of aromatic nitrogens is 2. The zero-order valence-electron chi connectivity index (χ0n) is 8.95. The van der Waals surface area contributed by atoms with Crippen LogP contribution in [0.5, 0.6) is 0 Å². The fourth-order valence-electron chi connectivity index (χ4n) is 0.983. The van der Waals surface area contributed by atoms with Gasteiger partial charge in [-0.3, -0.25) is 9.78 Å². The van der Waals surface area contributed by atoms with E-state index in [-0.39, 0.29) is 17.5 Å². The van der Waals surface area contributed by atoms with Crippen LogP contribution in [-0.4, -0.2) is 21.5 Å². The number of esters is 1. The minimum Gasteiger partial charge on any atom is -0.460 e. The molecule has 0 aromatic carbocycles. The van der Waals surface area contributed by atoms with Crippen LogP contribution in [0.1, 0.15) is 26.5 Å². The summed E-state index contributed by atoms with van der Waals surface area (Å²) in [5, 5.41) is 0.239. The summed E-state index contributed by atoms with van der Waals surface area (Å²) < 4.78 is 5.13. The van der Waals surface area contributed by atoms with Crippen molar-refractivity contribution in [3.8, 4) is 0 Å². The molecule has 15 heavy (non-hydrogen) atoms. The molecule has 1 aromatic heterocycles. The maximum absolute atomic E-state index is 11.4. The van der Waals surface area contributed by atoms with Gasteiger partial charge in [-0.2, -0.15) is 0 Å². The zero-order valence-corrected chi connectivity index (χ0v) is 9.71. The molecule has 0 atom stereocenters. The monoisotopic (exact) mass is 228 g/mol. The molecule has 0 unspecified atom stereocenters. The topological polar surface area (TPSA) is 52.1 Å². The third-order valence-electron chi connectivity index (χ3n) is 1.45. The van der Waals surface area contributed by atoms with Gasteiger partial charge in [-0.25, -0.2) is 4.98 Å². The van der Waals surface area contributed by atoms with E-state index in [0.717, 1.165) is 0 Å². The fourth-order valence-corrected chi connectivity index (χ4v) is 1.15. The Morgan fingerprint density at radius 3 is 2.53 bits per heavy atom. The standard InChI is InChI=1S/C10H13ClN2O2/c1-10(2,3)15-8(14)6-7-9(11)13-5-4-12-7/h4-5H,6H2,1-3H3. The largest absolute Gasteiger partial charge is 0.460 e. The molecule has 0 bridgehead atoms. The van der Waals surface area contributed by atoms with Crippen molar-refractivity contribution in [3.63, 3.8) is 0 Å². The van der Waals surface area contributed by atoms with Gasteiger partial charge in [0.05, 0.1) is 12.1 Å². The lowest BCUT2D eigenvalue weighted by molar-refractivity contribution is -0.154. The molecule has 0 saturated heterocycles. The Hall–Kier alpha value is -1.16. The molecule has 0 aliphatic rings. The van der Waals surface area contributed by atoms with Crippen LogP contribution in [0, 0.1) is 0 Å². The molecule has 0 saturated carbocycles. The van der Waals surface area contributed by atoms with Gasteiger partial charge in [0, 0.05) is 12.4 Å². The molecule has 82 valence electrons. The van der Waals surface area contributed by atoms with E-state index < -0.39 is 5.60 Å². The highest BCUT2D eigenvalue weighted by Crippen LogP contribution is 2.12. The predicted octanol–water partition coefficient (Wildman–Crippen LogP) is 2.01. The van der Waals surface area contributed by atoms with E-state index in [1.807, 2.05) is 20.8 Å². The Morgan fingerprint density at radius 1 is 1.40 bits per heavy atom. The average Bonchev–Trinajstić information content (AvgIpc) is 2.05. The highest BCUT2D eigenvalue weighted by molar-refractivity contribution is 6.30. The highest BCUT2D eigenvalue weighted by Gasteiger charge is 2.18. The summed E-state index contributed by atoms with van der Waals surface area (Å²) >= 11 is 5.76. The first-order valence-electron chi connectivity index (χ1n) is 4.56. The second kappa shape index (κ2) is 4.57. The molecule has 1 heterocycles. The van der Waals surface area contributed by atoms with Crippen LogP contribution in [0.25, 0.3) is 0 Å². The molecule has 0 spiro atoms. The first-order chi connectivity index (χ1) is 6.88. The summed E-state index contributed by atoms with van der Waals surface area (Å²) in [6, 6.07) is 0. The molecule has 0 aliphatic carbocycles. The number of hydrogen-bond acceptors (Lipinski definition) is 4. The van der Waals surface area contributed by atoms with Gasteiger partial charge in [-0.1, -0.05) is 11.6 Å². The second-order valence-corrected chi connectivity index (χ2v) is 4.42. The highest BCUT2D eigenvalue weighted by atomic mass is 35.5. The molecule has 5 heteroatoms. The van der Waals surface area contributed by atoms with E-state index in [0.29, 0.717) is 5.69 Å². The maximum atomic E-state index is 11.4. The SMILES string of the molecule is CC(C)(C)OC(=O)Cc1nccnc1Cl. The van der Waals surface area contributed by atoms with Crippen LogP contribution in [-0.2, 0) is 16.0 Å². The molecule has 0 radical (unpaired) electrons. The lowest BCUT2D eigenvalue weighted by Gasteiger charge is -2.19. The Labute approximate surface area is 93.6 Å². The van der Waals surface area contributed by atoms with E-state index in [2.05, 4.69) is 9.97 Å². The van der Waals surface area contributed by atoms with Crippen molar-refractivity contribution in [3.05, 3.63) is 23.2 Å². The van der Waals surface area contributed by atoms with Crippen molar-refractivity contribution in [2.45, 2.75) is 32.8 Å². The van der Waals surface area contributed by atoms with Crippen molar-refractivity contribution in [1.82, 2.24) is 9.97 Å². The van der Waals surface area contributed by atoms with E-state index in [4.69, 9.17) is 16.3 Å². The van der Waals surface area contributed by atoms with Gasteiger partial charge < -0.3 is 4.74 Å². The smallest absolute Gasteiger partial charge is 0.312 e. The lowest BCUT2D eigenvalue weighted by Crippen LogP contribution is -2.25. The van der Waals surface area contributed by atoms with Crippen molar-refractivity contribution < 1.29 is 9.53 Å². The number of rotatable bonds is 2. The first-order valence-corrected chi connectivity index (χ1v) is 4.93. The predicted molar refractivity (Wildman–Crippen MR) is 56.6 cm³/mol. The van der Waals surface area contributed by atoms with Crippen LogP contribution in [0.2, 0.25) is 5.15 Å². The second-order valence-electron chi connectivity index (χ2n) is 4.06. The number of nitrogens with zero attached hydrogens (tertiary/aromatic N) is 2. The third-order valence-corrected chi connectivity index (χ3v) is 1.77. The van der Waals surface area contributed by atoms with Crippen molar-refractivity contribution in [1.29, 1.82) is 0 Å². The van der Waals surface area contributed by atoms with E-state index in [1.54, 1.807) is 0 Å². The van der Waals surface area contributed by atoms with Crippen LogP contribution in [0.4, 0.5) is 0 Å². The minimum absolute atomic E-state index is 0.0456. The Bertz CT molecular complexity index is 361. The quantitative estimate of drug-likeness (QED) is 0.727. The van der Waals surface area contributed by atoms with Crippen LogP contribution < -0.4 is 0 Å². The molecule has 0 amide bonds. The van der Waals surface area contributed by atoms with Crippen molar-refractivity contribution in [2.24, 2.45) is 0 Å². The lowest BCUT2D eigenvalue weighted by atomic mass is 10.2. The number of halogens is 1. The Kier molecular flexibility index (Phi) is 3.63. The van der Waals surface area contributed by atoms with Crippen LogP contribution in [0.15, 0.2) is 12.4 Å². The summed E-state index contributed by atoms with van der Waals surface area (Å²) in [5.41, 5.74) is -0.0559.